The summed E-state index contributed by atoms with van der Waals surface area (Å²) in [5.41, 5.74) is 3.12. The number of aromatic nitrogens is 5. The second-order valence-corrected chi connectivity index (χ2v) is 6.97. The molecule has 0 fully saturated rings. The van der Waals surface area contributed by atoms with Gasteiger partial charge in [-0.15, -0.1) is 0 Å². The van der Waals surface area contributed by atoms with Crippen molar-refractivity contribution in [3.8, 4) is 17.2 Å². The summed E-state index contributed by atoms with van der Waals surface area (Å²) in [6.45, 7) is 0. The summed E-state index contributed by atoms with van der Waals surface area (Å²) in [6.07, 6.45) is 1.39. The number of halogens is 1. The maximum atomic E-state index is 12.8. The maximum absolute atomic E-state index is 12.8. The van der Waals surface area contributed by atoms with Crippen LogP contribution in [-0.4, -0.2) is 39.1 Å². The van der Waals surface area contributed by atoms with Crippen molar-refractivity contribution in [2.45, 2.75) is 0 Å². The van der Waals surface area contributed by atoms with Gasteiger partial charge in [-0.05, 0) is 42.5 Å². The summed E-state index contributed by atoms with van der Waals surface area (Å²) in [7, 11) is 3.95. The lowest BCUT2D eigenvalue weighted by Crippen LogP contribution is -2.22. The molecule has 0 aliphatic heterocycles. The molecule has 29 heavy (non-hydrogen) atoms. The monoisotopic (exact) mass is 407 g/mol. The van der Waals surface area contributed by atoms with Crippen LogP contribution in [0.5, 0.6) is 0 Å². The van der Waals surface area contributed by atoms with Crippen LogP contribution in [-0.2, 0) is 0 Å². The SMILES string of the molecule is CN(C)c1ccc(Nc2cc(=O)n(-c3cccc(Cl)c3)nc2-c2ncn[nH]2)cc1. The molecule has 0 saturated heterocycles. The largest absolute Gasteiger partial charge is 0.378 e. The molecule has 2 aromatic carbocycles. The molecule has 4 rings (SSSR count). The van der Waals surface area contributed by atoms with E-state index in [1.807, 2.05) is 43.3 Å². The quantitative estimate of drug-likeness (QED) is 0.526. The van der Waals surface area contributed by atoms with Crippen LogP contribution in [0, 0.1) is 0 Å². The molecule has 2 N–H and O–H groups in total. The number of nitrogens with zero attached hydrogens (tertiary/aromatic N) is 5. The first-order chi connectivity index (χ1) is 14.0. The Morgan fingerprint density at radius 3 is 2.55 bits per heavy atom. The number of H-pyrrole nitrogens is 1. The van der Waals surface area contributed by atoms with Crippen LogP contribution < -0.4 is 15.8 Å². The Balaban J connectivity index is 1.79. The van der Waals surface area contributed by atoms with Gasteiger partial charge in [-0.3, -0.25) is 9.89 Å². The molecule has 0 atom stereocenters. The van der Waals surface area contributed by atoms with E-state index >= 15 is 0 Å². The van der Waals surface area contributed by atoms with Gasteiger partial charge in [0.1, 0.15) is 6.33 Å². The predicted molar refractivity (Wildman–Crippen MR) is 114 cm³/mol. The Labute approximate surface area is 171 Å². The fourth-order valence-electron chi connectivity index (χ4n) is 2.84. The van der Waals surface area contributed by atoms with Crippen LogP contribution in [0.25, 0.3) is 17.2 Å². The fraction of sp³-hybridized carbons (Fsp3) is 0.100. The highest BCUT2D eigenvalue weighted by Crippen LogP contribution is 2.26. The van der Waals surface area contributed by atoms with Gasteiger partial charge in [0.2, 0.25) is 0 Å². The van der Waals surface area contributed by atoms with E-state index in [-0.39, 0.29) is 5.56 Å². The first-order valence-corrected chi connectivity index (χ1v) is 9.19. The highest BCUT2D eigenvalue weighted by molar-refractivity contribution is 6.30. The normalized spacial score (nSPS) is 10.7. The topological polar surface area (TPSA) is 91.7 Å². The van der Waals surface area contributed by atoms with Crippen LogP contribution in [0.4, 0.5) is 17.1 Å². The van der Waals surface area contributed by atoms with Gasteiger partial charge in [-0.1, -0.05) is 17.7 Å². The minimum absolute atomic E-state index is 0.303. The lowest BCUT2D eigenvalue weighted by molar-refractivity contribution is 0.809. The summed E-state index contributed by atoms with van der Waals surface area (Å²) in [4.78, 5) is 19.0. The first-order valence-electron chi connectivity index (χ1n) is 8.82. The maximum Gasteiger partial charge on any atom is 0.273 e. The van der Waals surface area contributed by atoms with Crippen molar-refractivity contribution in [3.05, 3.63) is 76.3 Å². The van der Waals surface area contributed by atoms with E-state index in [2.05, 4.69) is 25.6 Å². The standard InChI is InChI=1S/C20H18ClN7O/c1-27(2)15-8-6-14(7-9-15)24-17-11-18(29)28(16-5-3-4-13(21)10-16)26-19(17)20-22-12-23-25-20/h3-12,24H,1-2H3,(H,22,23,25). The Kier molecular flexibility index (Phi) is 5.01. The zero-order chi connectivity index (χ0) is 20.4. The van der Waals surface area contributed by atoms with E-state index in [4.69, 9.17) is 11.6 Å². The van der Waals surface area contributed by atoms with Gasteiger partial charge in [0.15, 0.2) is 11.5 Å². The van der Waals surface area contributed by atoms with Crippen LogP contribution in [0.3, 0.4) is 0 Å². The minimum atomic E-state index is -0.303. The summed E-state index contributed by atoms with van der Waals surface area (Å²) < 4.78 is 1.28. The first kappa shape index (κ1) is 18.7. The number of aromatic amines is 1. The summed E-state index contributed by atoms with van der Waals surface area (Å²) in [6, 6.07) is 16.2. The Hall–Kier alpha value is -3.65. The van der Waals surface area contributed by atoms with Gasteiger partial charge in [0.25, 0.3) is 5.56 Å². The molecule has 0 radical (unpaired) electrons. The summed E-state index contributed by atoms with van der Waals surface area (Å²) in [5, 5.41) is 15.0. The molecule has 146 valence electrons. The van der Waals surface area contributed by atoms with E-state index in [0.717, 1.165) is 11.4 Å². The molecule has 0 spiro atoms. The zero-order valence-corrected chi connectivity index (χ0v) is 16.6. The Morgan fingerprint density at radius 2 is 1.90 bits per heavy atom. The lowest BCUT2D eigenvalue weighted by Gasteiger charge is -2.15. The molecule has 2 aromatic heterocycles. The second-order valence-electron chi connectivity index (χ2n) is 6.54. The third kappa shape index (κ3) is 3.97. The molecule has 0 amide bonds. The third-order valence-corrected chi connectivity index (χ3v) is 4.52. The molecule has 9 heteroatoms. The number of hydrogen-bond acceptors (Lipinski definition) is 6. The fourth-order valence-corrected chi connectivity index (χ4v) is 3.02. The van der Waals surface area contributed by atoms with Gasteiger partial charge < -0.3 is 10.2 Å². The van der Waals surface area contributed by atoms with Gasteiger partial charge >= 0.3 is 0 Å². The van der Waals surface area contributed by atoms with Gasteiger partial charge in [-0.25, -0.2) is 4.98 Å². The molecular formula is C20H18ClN7O. The van der Waals surface area contributed by atoms with Crippen LogP contribution in [0.15, 0.2) is 65.7 Å². The van der Waals surface area contributed by atoms with Crippen LogP contribution in [0.2, 0.25) is 5.02 Å². The molecular weight excluding hydrogens is 390 g/mol. The minimum Gasteiger partial charge on any atom is -0.378 e. The van der Waals surface area contributed by atoms with Crippen molar-refractivity contribution in [2.24, 2.45) is 0 Å². The molecule has 0 saturated carbocycles. The van der Waals surface area contributed by atoms with Gasteiger partial charge in [0.05, 0.1) is 11.4 Å². The average Bonchev–Trinajstić information content (AvgIpc) is 3.23. The Bertz CT molecular complexity index is 1180. The van der Waals surface area contributed by atoms with Gasteiger partial charge in [0, 0.05) is 36.6 Å². The summed E-state index contributed by atoms with van der Waals surface area (Å²) in [5.74, 6) is 0.438. The average molecular weight is 408 g/mol. The van der Waals surface area contributed by atoms with Crippen molar-refractivity contribution in [1.82, 2.24) is 25.0 Å². The smallest absolute Gasteiger partial charge is 0.273 e. The highest BCUT2D eigenvalue weighted by Gasteiger charge is 2.15. The number of benzene rings is 2. The highest BCUT2D eigenvalue weighted by atomic mass is 35.5. The van der Waals surface area contributed by atoms with Crippen LogP contribution in [0.1, 0.15) is 0 Å². The van der Waals surface area contributed by atoms with Crippen molar-refractivity contribution >= 4 is 28.7 Å². The molecule has 0 aliphatic rings. The van der Waals surface area contributed by atoms with Crippen molar-refractivity contribution < 1.29 is 0 Å². The summed E-state index contributed by atoms with van der Waals surface area (Å²) >= 11 is 6.07. The number of hydrogen-bond donors (Lipinski definition) is 2. The number of rotatable bonds is 5. The van der Waals surface area contributed by atoms with Crippen LogP contribution >= 0.6 is 11.6 Å². The molecule has 8 nitrogen and oxygen atoms in total. The number of nitrogens with one attached hydrogen (secondary N) is 2. The van der Waals surface area contributed by atoms with E-state index in [1.165, 1.54) is 17.1 Å². The van der Waals surface area contributed by atoms with Crippen molar-refractivity contribution in [1.29, 1.82) is 0 Å². The molecule has 0 unspecified atom stereocenters. The predicted octanol–water partition coefficient (Wildman–Crippen LogP) is 3.48. The van der Waals surface area contributed by atoms with Crippen molar-refractivity contribution in [3.63, 3.8) is 0 Å². The lowest BCUT2D eigenvalue weighted by atomic mass is 10.2. The van der Waals surface area contributed by atoms with E-state index < -0.39 is 0 Å². The second kappa shape index (κ2) is 7.76. The van der Waals surface area contributed by atoms with E-state index in [1.54, 1.807) is 24.3 Å². The molecule has 2 heterocycles. The third-order valence-electron chi connectivity index (χ3n) is 4.29. The molecule has 0 bridgehead atoms. The molecule has 4 aromatic rings. The zero-order valence-electron chi connectivity index (χ0n) is 15.8. The van der Waals surface area contributed by atoms with Crippen molar-refractivity contribution in [2.75, 3.05) is 24.3 Å². The number of anilines is 3. The molecule has 0 aliphatic carbocycles. The van der Waals surface area contributed by atoms with Gasteiger partial charge in [-0.2, -0.15) is 14.9 Å². The van der Waals surface area contributed by atoms with E-state index in [9.17, 15) is 4.79 Å². The Morgan fingerprint density at radius 1 is 1.10 bits per heavy atom. The van der Waals surface area contributed by atoms with E-state index in [0.29, 0.717) is 27.9 Å².